The van der Waals surface area contributed by atoms with E-state index < -0.39 is 11.9 Å². The van der Waals surface area contributed by atoms with Crippen LogP contribution in [0.3, 0.4) is 0 Å². The van der Waals surface area contributed by atoms with Crippen LogP contribution in [0.4, 0.5) is 0 Å². The largest absolute Gasteiger partial charge is 0.295 e. The highest BCUT2D eigenvalue weighted by Gasteiger charge is 2.30. The topological polar surface area (TPSA) is 81.1 Å². The summed E-state index contributed by atoms with van der Waals surface area (Å²) in [5.41, 5.74) is 0.0380. The fourth-order valence-corrected chi connectivity index (χ4v) is 2.92. The Morgan fingerprint density at radius 2 is 1.91 bits per heavy atom. The van der Waals surface area contributed by atoms with Crippen molar-refractivity contribution in [3.8, 4) is 0 Å². The van der Waals surface area contributed by atoms with Crippen LogP contribution < -0.4 is 10.9 Å². The van der Waals surface area contributed by atoms with Gasteiger partial charge in [-0.3, -0.25) is 24.3 Å². The van der Waals surface area contributed by atoms with Crippen molar-refractivity contribution in [1.29, 1.82) is 0 Å². The molecule has 1 saturated heterocycles. The summed E-state index contributed by atoms with van der Waals surface area (Å²) in [5.74, 6) is -0.455. The summed E-state index contributed by atoms with van der Waals surface area (Å²) in [4.78, 5) is 40.3. The minimum absolute atomic E-state index is 0.182. The number of amides is 2. The molecule has 1 atom stereocenters. The number of carbonyl (C=O) groups excluding carboxylic acids is 2. The second kappa shape index (κ2) is 5.37. The van der Waals surface area contributed by atoms with Crippen LogP contribution in [0, 0.1) is 6.92 Å². The molecular weight excluding hydrogens is 329 g/mol. The number of aryl methyl sites for hydroxylation is 1. The van der Waals surface area contributed by atoms with Crippen LogP contribution in [0.5, 0.6) is 0 Å². The lowest BCUT2D eigenvalue weighted by Gasteiger charge is -2.24. The predicted octanol–water partition coefficient (Wildman–Crippen LogP) is 1.99. The Morgan fingerprint density at radius 3 is 2.59 bits per heavy atom. The van der Waals surface area contributed by atoms with E-state index in [9.17, 15) is 14.4 Å². The average Bonchev–Trinajstić information content (AvgIpc) is 2.43. The molecule has 1 aromatic carbocycles. The first-order chi connectivity index (χ1) is 10.4. The number of nitrogens with one attached hydrogen (secondary N) is 1. The Bertz CT molecular complexity index is 876. The lowest BCUT2D eigenvalue weighted by molar-refractivity contribution is -0.135. The van der Waals surface area contributed by atoms with Crippen molar-refractivity contribution in [3.63, 3.8) is 0 Å². The molecule has 0 bridgehead atoms. The number of rotatable bonds is 1. The molecule has 114 valence electrons. The average molecular weight is 340 g/mol. The maximum Gasteiger partial charge on any atom is 0.262 e. The first-order valence-corrected chi connectivity index (χ1v) is 7.35. The van der Waals surface area contributed by atoms with Gasteiger partial charge in [-0.05, 0) is 25.5 Å². The van der Waals surface area contributed by atoms with E-state index >= 15 is 0 Å². The highest BCUT2D eigenvalue weighted by atomic mass is 35.5. The molecule has 1 aliphatic rings. The van der Waals surface area contributed by atoms with Gasteiger partial charge >= 0.3 is 0 Å². The zero-order valence-electron chi connectivity index (χ0n) is 11.5. The summed E-state index contributed by atoms with van der Waals surface area (Å²) in [6.07, 6.45) is 0.446. The van der Waals surface area contributed by atoms with Crippen molar-refractivity contribution in [2.24, 2.45) is 0 Å². The molecule has 2 amide bonds. The zero-order valence-corrected chi connectivity index (χ0v) is 13.0. The van der Waals surface area contributed by atoms with Gasteiger partial charge in [-0.2, -0.15) is 0 Å². The van der Waals surface area contributed by atoms with Crippen LogP contribution >= 0.6 is 23.2 Å². The molecule has 3 rings (SSSR count). The number of carbonyl (C=O) groups is 2. The molecule has 0 saturated carbocycles. The number of hydrogen-bond acceptors (Lipinski definition) is 4. The van der Waals surface area contributed by atoms with Gasteiger partial charge in [0.1, 0.15) is 11.9 Å². The molecule has 1 N–H and O–H groups in total. The summed E-state index contributed by atoms with van der Waals surface area (Å²) < 4.78 is 1.30. The molecule has 1 fully saturated rings. The maximum atomic E-state index is 12.7. The van der Waals surface area contributed by atoms with E-state index in [0.29, 0.717) is 16.4 Å². The SMILES string of the molecule is Cc1nc2cc(Cl)c(Cl)cc2c(=O)n1C1CCC(=O)NC1=O. The van der Waals surface area contributed by atoms with Crippen LogP contribution in [-0.2, 0) is 9.59 Å². The predicted molar refractivity (Wildman–Crippen MR) is 82.2 cm³/mol. The monoisotopic (exact) mass is 339 g/mol. The first-order valence-electron chi connectivity index (χ1n) is 6.60. The first kappa shape index (κ1) is 15.0. The van der Waals surface area contributed by atoms with Gasteiger partial charge in [0.15, 0.2) is 0 Å². The van der Waals surface area contributed by atoms with Crippen LogP contribution in [0.15, 0.2) is 16.9 Å². The van der Waals surface area contributed by atoms with Gasteiger partial charge in [-0.15, -0.1) is 0 Å². The third-order valence-electron chi connectivity index (χ3n) is 3.64. The summed E-state index contributed by atoms with van der Waals surface area (Å²) in [5, 5.41) is 3.07. The Hall–Kier alpha value is -1.92. The highest BCUT2D eigenvalue weighted by molar-refractivity contribution is 6.42. The normalized spacial score (nSPS) is 18.6. The molecule has 2 heterocycles. The van der Waals surface area contributed by atoms with E-state index in [0.717, 1.165) is 0 Å². The molecule has 0 spiro atoms. The maximum absolute atomic E-state index is 12.7. The number of hydrogen-bond donors (Lipinski definition) is 1. The molecule has 8 heteroatoms. The van der Waals surface area contributed by atoms with Crippen molar-refractivity contribution < 1.29 is 9.59 Å². The summed E-state index contributed by atoms with van der Waals surface area (Å²) in [6, 6.07) is 2.20. The molecular formula is C14H11Cl2N3O3. The standard InChI is InChI=1S/C14H11Cl2N3O3/c1-6-17-10-5-9(16)8(15)4-7(10)14(22)19(6)11-2-3-12(20)18-13(11)21/h4-5,11H,2-3H2,1H3,(H,18,20,21). The Kier molecular flexibility index (Phi) is 3.66. The van der Waals surface area contributed by atoms with Crippen LogP contribution in [0.25, 0.3) is 10.9 Å². The number of fused-ring (bicyclic) bond motifs is 1. The van der Waals surface area contributed by atoms with E-state index in [2.05, 4.69) is 10.3 Å². The van der Waals surface area contributed by atoms with Crippen LogP contribution in [0.1, 0.15) is 24.7 Å². The smallest absolute Gasteiger partial charge is 0.262 e. The van der Waals surface area contributed by atoms with E-state index in [1.165, 1.54) is 16.7 Å². The summed E-state index contributed by atoms with van der Waals surface area (Å²) in [7, 11) is 0. The quantitative estimate of drug-likeness (QED) is 0.805. The van der Waals surface area contributed by atoms with Gasteiger partial charge in [-0.25, -0.2) is 4.98 Å². The number of nitrogens with zero attached hydrogens (tertiary/aromatic N) is 2. The van der Waals surface area contributed by atoms with Crippen LogP contribution in [0.2, 0.25) is 10.0 Å². The molecule has 0 aliphatic carbocycles. The van der Waals surface area contributed by atoms with Gasteiger partial charge in [0.25, 0.3) is 5.56 Å². The summed E-state index contributed by atoms with van der Waals surface area (Å²) >= 11 is 11.9. The van der Waals surface area contributed by atoms with Crippen molar-refractivity contribution >= 4 is 45.9 Å². The fourth-order valence-electron chi connectivity index (χ4n) is 2.60. The number of benzene rings is 1. The second-order valence-electron chi connectivity index (χ2n) is 5.08. The van der Waals surface area contributed by atoms with E-state index in [1.807, 2.05) is 0 Å². The number of imide groups is 1. The fraction of sp³-hybridized carbons (Fsp3) is 0.286. The minimum atomic E-state index is -0.753. The minimum Gasteiger partial charge on any atom is -0.295 e. The molecule has 6 nitrogen and oxygen atoms in total. The lowest BCUT2D eigenvalue weighted by atomic mass is 10.1. The lowest BCUT2D eigenvalue weighted by Crippen LogP contribution is -2.45. The Labute approximate surface area is 135 Å². The van der Waals surface area contributed by atoms with Gasteiger partial charge in [0, 0.05) is 6.42 Å². The van der Waals surface area contributed by atoms with E-state index in [-0.39, 0.29) is 34.7 Å². The third-order valence-corrected chi connectivity index (χ3v) is 4.36. The molecule has 1 aromatic heterocycles. The number of halogens is 2. The van der Waals surface area contributed by atoms with Gasteiger partial charge < -0.3 is 0 Å². The van der Waals surface area contributed by atoms with Crippen molar-refractivity contribution in [2.75, 3.05) is 0 Å². The third kappa shape index (κ3) is 2.38. The van der Waals surface area contributed by atoms with Crippen molar-refractivity contribution in [2.45, 2.75) is 25.8 Å². The zero-order chi connectivity index (χ0) is 16.0. The molecule has 0 radical (unpaired) electrons. The highest BCUT2D eigenvalue weighted by Crippen LogP contribution is 2.26. The second-order valence-corrected chi connectivity index (χ2v) is 5.90. The van der Waals surface area contributed by atoms with Gasteiger partial charge in [0.2, 0.25) is 11.8 Å². The molecule has 22 heavy (non-hydrogen) atoms. The molecule has 1 aliphatic heterocycles. The van der Waals surface area contributed by atoms with E-state index in [1.54, 1.807) is 6.92 Å². The summed E-state index contributed by atoms with van der Waals surface area (Å²) in [6.45, 7) is 1.63. The number of piperidine rings is 1. The van der Waals surface area contributed by atoms with Crippen LogP contribution in [-0.4, -0.2) is 21.4 Å². The molecule has 1 unspecified atom stereocenters. The Morgan fingerprint density at radius 1 is 1.23 bits per heavy atom. The Balaban J connectivity index is 2.22. The van der Waals surface area contributed by atoms with Crippen molar-refractivity contribution in [3.05, 3.63) is 38.4 Å². The molecule has 2 aromatic rings. The van der Waals surface area contributed by atoms with Gasteiger partial charge in [0.05, 0.1) is 20.9 Å². The van der Waals surface area contributed by atoms with E-state index in [4.69, 9.17) is 23.2 Å². The van der Waals surface area contributed by atoms with Gasteiger partial charge in [-0.1, -0.05) is 23.2 Å². The number of aromatic nitrogens is 2. The van der Waals surface area contributed by atoms with Crippen molar-refractivity contribution in [1.82, 2.24) is 14.9 Å².